The molecule has 0 bridgehead atoms. The minimum atomic E-state index is -0.258. The van der Waals surface area contributed by atoms with Gasteiger partial charge in [-0.2, -0.15) is 4.98 Å². The number of hydrogen-bond acceptors (Lipinski definition) is 7. The molecule has 1 aliphatic heterocycles. The molecule has 0 saturated carbocycles. The van der Waals surface area contributed by atoms with Crippen LogP contribution >= 0.6 is 11.3 Å². The zero-order valence-electron chi connectivity index (χ0n) is 16.1. The normalized spacial score (nSPS) is 15.4. The molecule has 3 aromatic rings. The zero-order valence-corrected chi connectivity index (χ0v) is 16.9. The number of benzene rings is 1. The Morgan fingerprint density at radius 2 is 1.79 bits per heavy atom. The summed E-state index contributed by atoms with van der Waals surface area (Å²) in [5.74, 6) is 0.814. The van der Waals surface area contributed by atoms with Crippen molar-refractivity contribution >= 4 is 33.5 Å². The second kappa shape index (κ2) is 8.36. The van der Waals surface area contributed by atoms with Gasteiger partial charge in [-0.1, -0.05) is 31.1 Å². The van der Waals surface area contributed by atoms with E-state index < -0.39 is 0 Å². The number of rotatable bonds is 6. The quantitative estimate of drug-likeness (QED) is 0.635. The van der Waals surface area contributed by atoms with Crippen LogP contribution in [-0.4, -0.2) is 52.6 Å². The molecule has 0 aliphatic carbocycles. The Morgan fingerprint density at radius 3 is 2.50 bits per heavy atom. The summed E-state index contributed by atoms with van der Waals surface area (Å²) in [5, 5.41) is 0.800. The lowest BCUT2D eigenvalue weighted by Gasteiger charge is -2.35. The first-order valence-corrected chi connectivity index (χ1v) is 10.6. The van der Waals surface area contributed by atoms with Crippen LogP contribution in [-0.2, 0) is 0 Å². The highest BCUT2D eigenvalue weighted by molar-refractivity contribution is 7.21. The van der Waals surface area contributed by atoms with Gasteiger partial charge in [0.2, 0.25) is 5.95 Å². The summed E-state index contributed by atoms with van der Waals surface area (Å²) in [6, 6.07) is 6.36. The fourth-order valence-electron chi connectivity index (χ4n) is 3.53. The Balaban J connectivity index is 1.56. The van der Waals surface area contributed by atoms with Crippen molar-refractivity contribution in [3.8, 4) is 10.6 Å². The Kier molecular flexibility index (Phi) is 5.68. The Bertz CT molecular complexity index is 934. The molecule has 1 fully saturated rings. The van der Waals surface area contributed by atoms with Gasteiger partial charge in [0.05, 0.1) is 0 Å². The summed E-state index contributed by atoms with van der Waals surface area (Å²) >= 11 is 1.46. The molecule has 2 aromatic heterocycles. The molecular formula is C20H25FN6S. The van der Waals surface area contributed by atoms with Crippen LogP contribution in [0.2, 0.25) is 0 Å². The largest absolute Gasteiger partial charge is 0.368 e. The van der Waals surface area contributed by atoms with E-state index in [1.807, 2.05) is 0 Å². The van der Waals surface area contributed by atoms with E-state index in [4.69, 9.17) is 10.7 Å². The van der Waals surface area contributed by atoms with Crippen LogP contribution in [0.1, 0.15) is 26.2 Å². The minimum Gasteiger partial charge on any atom is -0.368 e. The number of thiazole rings is 1. The number of hydrogen-bond donors (Lipinski definition) is 1. The molecule has 8 heteroatoms. The molecule has 4 rings (SSSR count). The van der Waals surface area contributed by atoms with Crippen molar-refractivity contribution in [1.82, 2.24) is 19.9 Å². The first-order chi connectivity index (χ1) is 13.6. The molecule has 0 atom stereocenters. The van der Waals surface area contributed by atoms with Gasteiger partial charge in [-0.05, 0) is 37.2 Å². The van der Waals surface area contributed by atoms with Gasteiger partial charge in [-0.3, -0.25) is 4.90 Å². The lowest BCUT2D eigenvalue weighted by molar-refractivity contribution is 0.252. The molecule has 6 nitrogen and oxygen atoms in total. The molecule has 1 saturated heterocycles. The second-order valence-corrected chi connectivity index (χ2v) is 8.10. The van der Waals surface area contributed by atoms with E-state index >= 15 is 0 Å². The number of halogens is 1. The number of nitrogen functional groups attached to an aromatic ring is 1. The minimum absolute atomic E-state index is 0.258. The second-order valence-electron chi connectivity index (χ2n) is 7.12. The first-order valence-electron chi connectivity index (χ1n) is 9.81. The number of piperazine rings is 1. The fraction of sp³-hybridized carbons (Fsp3) is 0.450. The number of nitrogens with two attached hydrogens (primary N) is 1. The average Bonchev–Trinajstić information content (AvgIpc) is 3.12. The summed E-state index contributed by atoms with van der Waals surface area (Å²) in [6.07, 6.45) is 3.79. The number of unbranched alkanes of at least 4 members (excludes halogenated alkanes) is 2. The molecule has 0 unspecified atom stereocenters. The van der Waals surface area contributed by atoms with Gasteiger partial charge in [-0.25, -0.2) is 14.4 Å². The Labute approximate surface area is 168 Å². The van der Waals surface area contributed by atoms with E-state index in [0.717, 1.165) is 59.5 Å². The smallest absolute Gasteiger partial charge is 0.223 e. The van der Waals surface area contributed by atoms with Crippen molar-refractivity contribution in [3.05, 3.63) is 30.1 Å². The molecule has 1 aliphatic rings. The molecule has 0 radical (unpaired) electrons. The highest BCUT2D eigenvalue weighted by Crippen LogP contribution is 2.34. The van der Waals surface area contributed by atoms with E-state index in [2.05, 4.69) is 26.7 Å². The molecule has 148 valence electrons. The Morgan fingerprint density at radius 1 is 1.04 bits per heavy atom. The van der Waals surface area contributed by atoms with E-state index in [9.17, 15) is 4.39 Å². The summed E-state index contributed by atoms with van der Waals surface area (Å²) < 4.78 is 13.2. The molecule has 1 aromatic carbocycles. The van der Waals surface area contributed by atoms with Crippen molar-refractivity contribution < 1.29 is 4.39 Å². The van der Waals surface area contributed by atoms with Crippen molar-refractivity contribution in [1.29, 1.82) is 0 Å². The average molecular weight is 401 g/mol. The molecule has 3 heterocycles. The maximum Gasteiger partial charge on any atom is 0.223 e. The van der Waals surface area contributed by atoms with E-state index in [-0.39, 0.29) is 11.8 Å². The molecule has 0 spiro atoms. The maximum absolute atomic E-state index is 13.2. The maximum atomic E-state index is 13.2. The first kappa shape index (κ1) is 19.0. The summed E-state index contributed by atoms with van der Waals surface area (Å²) in [7, 11) is 0. The van der Waals surface area contributed by atoms with Gasteiger partial charge in [0.25, 0.3) is 0 Å². The van der Waals surface area contributed by atoms with Crippen LogP contribution in [0.4, 0.5) is 16.2 Å². The van der Waals surface area contributed by atoms with Crippen LogP contribution in [0.15, 0.2) is 24.3 Å². The van der Waals surface area contributed by atoms with Crippen LogP contribution in [0, 0.1) is 5.82 Å². The van der Waals surface area contributed by atoms with Crippen molar-refractivity contribution in [2.45, 2.75) is 26.2 Å². The predicted octanol–water partition coefficient (Wildman–Crippen LogP) is 3.79. The van der Waals surface area contributed by atoms with E-state index in [1.54, 1.807) is 12.1 Å². The van der Waals surface area contributed by atoms with E-state index in [0.29, 0.717) is 0 Å². The fourth-order valence-corrected chi connectivity index (χ4v) is 4.48. The van der Waals surface area contributed by atoms with Crippen LogP contribution in [0.25, 0.3) is 20.9 Å². The molecular weight excluding hydrogens is 375 g/mol. The van der Waals surface area contributed by atoms with Gasteiger partial charge < -0.3 is 10.6 Å². The number of fused-ring (bicyclic) bond motifs is 1. The molecule has 0 amide bonds. The molecule has 28 heavy (non-hydrogen) atoms. The van der Waals surface area contributed by atoms with Crippen LogP contribution in [0.3, 0.4) is 0 Å². The lowest BCUT2D eigenvalue weighted by Crippen LogP contribution is -2.47. The summed E-state index contributed by atoms with van der Waals surface area (Å²) in [6.45, 7) is 7.24. The number of nitrogens with zero attached hydrogens (tertiary/aromatic N) is 5. The third-order valence-corrected chi connectivity index (χ3v) is 6.10. The number of aromatic nitrogens is 3. The van der Waals surface area contributed by atoms with E-state index in [1.165, 1.54) is 42.7 Å². The summed E-state index contributed by atoms with van der Waals surface area (Å²) in [5.41, 5.74) is 7.62. The van der Waals surface area contributed by atoms with Gasteiger partial charge in [0.15, 0.2) is 10.6 Å². The summed E-state index contributed by atoms with van der Waals surface area (Å²) in [4.78, 5) is 19.2. The van der Waals surface area contributed by atoms with Gasteiger partial charge >= 0.3 is 0 Å². The van der Waals surface area contributed by atoms with Crippen molar-refractivity contribution in [2.24, 2.45) is 0 Å². The highest BCUT2D eigenvalue weighted by Gasteiger charge is 2.22. The van der Waals surface area contributed by atoms with Gasteiger partial charge in [-0.15, -0.1) is 0 Å². The standard InChI is InChI=1S/C20H25FN6S/c1-2-3-4-9-26-10-12-27(13-11-26)17-16-19(25-20(22)24-17)28-18(23-16)14-5-7-15(21)8-6-14/h5-8H,2-4,9-13H2,1H3,(H2,22,24,25). The van der Waals surface area contributed by atoms with Crippen molar-refractivity contribution in [3.63, 3.8) is 0 Å². The third-order valence-electron chi connectivity index (χ3n) is 5.10. The third kappa shape index (κ3) is 4.07. The van der Waals surface area contributed by atoms with Crippen LogP contribution < -0.4 is 10.6 Å². The van der Waals surface area contributed by atoms with Gasteiger partial charge in [0.1, 0.15) is 16.3 Å². The SMILES string of the molecule is CCCCCN1CCN(c2nc(N)nc3sc(-c4ccc(F)cc4)nc23)CC1. The van der Waals surface area contributed by atoms with Crippen LogP contribution in [0.5, 0.6) is 0 Å². The number of anilines is 2. The Hall–Kier alpha value is -2.32. The highest BCUT2D eigenvalue weighted by atomic mass is 32.1. The monoisotopic (exact) mass is 400 g/mol. The topological polar surface area (TPSA) is 71.2 Å². The molecule has 2 N–H and O–H groups in total. The predicted molar refractivity (Wildman–Crippen MR) is 113 cm³/mol. The van der Waals surface area contributed by atoms with Crippen molar-refractivity contribution in [2.75, 3.05) is 43.4 Å². The van der Waals surface area contributed by atoms with Gasteiger partial charge in [0, 0.05) is 31.7 Å². The lowest BCUT2D eigenvalue weighted by atomic mass is 10.2. The zero-order chi connectivity index (χ0) is 19.5.